The van der Waals surface area contributed by atoms with Crippen LogP contribution < -0.4 is 25.1 Å². The van der Waals surface area contributed by atoms with Crippen molar-refractivity contribution in [2.75, 3.05) is 25.8 Å². The van der Waals surface area contributed by atoms with Crippen molar-refractivity contribution in [3.8, 4) is 11.5 Å². The molecule has 2 aromatic rings. The molecule has 1 aliphatic rings. The van der Waals surface area contributed by atoms with Crippen molar-refractivity contribution in [3.63, 3.8) is 0 Å². The second kappa shape index (κ2) is 8.05. The molecule has 3 rings (SSSR count). The summed E-state index contributed by atoms with van der Waals surface area (Å²) >= 11 is 5.28. The molecule has 0 aliphatic carbocycles. The van der Waals surface area contributed by atoms with Crippen molar-refractivity contribution < 1.29 is 9.47 Å². The number of nitrogens with one attached hydrogen (secondary N) is 2. The van der Waals surface area contributed by atoms with Crippen LogP contribution in [0.4, 0.5) is 5.69 Å². The van der Waals surface area contributed by atoms with Crippen molar-refractivity contribution in [1.82, 2.24) is 10.7 Å². The molecule has 1 heterocycles. The third kappa shape index (κ3) is 4.43. The molecule has 0 amide bonds. The summed E-state index contributed by atoms with van der Waals surface area (Å²) in [6, 6.07) is 14.0. The number of ether oxygens (including phenoxy) is 2. The van der Waals surface area contributed by atoms with E-state index in [1.807, 2.05) is 51.4 Å². The largest absolute Gasteiger partial charge is 0.454 e. The number of hydrogen-bond acceptors (Lipinski definition) is 5. The predicted molar refractivity (Wildman–Crippen MR) is 108 cm³/mol. The van der Waals surface area contributed by atoms with Crippen LogP contribution in [0.15, 0.2) is 47.6 Å². The second-order valence-electron chi connectivity index (χ2n) is 6.12. The summed E-state index contributed by atoms with van der Waals surface area (Å²) in [5, 5.41) is 7.94. The van der Waals surface area contributed by atoms with Gasteiger partial charge in [-0.25, -0.2) is 0 Å². The number of hydrazone groups is 1. The van der Waals surface area contributed by atoms with Crippen molar-refractivity contribution in [2.24, 2.45) is 5.10 Å². The Morgan fingerprint density at radius 1 is 1.12 bits per heavy atom. The van der Waals surface area contributed by atoms with E-state index >= 15 is 0 Å². The zero-order valence-corrected chi connectivity index (χ0v) is 15.9. The van der Waals surface area contributed by atoms with E-state index in [0.29, 0.717) is 11.7 Å². The molecule has 0 atom stereocenters. The second-order valence-corrected chi connectivity index (χ2v) is 6.53. The Bertz CT molecular complexity index is 819. The number of hydrogen-bond donors (Lipinski definition) is 2. The highest BCUT2D eigenvalue weighted by Gasteiger charge is 2.13. The summed E-state index contributed by atoms with van der Waals surface area (Å²) in [4.78, 5) is 2.06. The third-order valence-corrected chi connectivity index (χ3v) is 4.25. The highest BCUT2D eigenvalue weighted by atomic mass is 32.1. The summed E-state index contributed by atoms with van der Waals surface area (Å²) in [7, 11) is 4.03. The molecule has 0 spiro atoms. The lowest BCUT2D eigenvalue weighted by atomic mass is 10.1. The molecule has 0 radical (unpaired) electrons. The number of nitrogens with zero attached hydrogens (tertiary/aromatic N) is 2. The van der Waals surface area contributed by atoms with Crippen LogP contribution in [0.3, 0.4) is 0 Å². The molecule has 6 nitrogen and oxygen atoms in total. The maximum absolute atomic E-state index is 5.37. The lowest BCUT2D eigenvalue weighted by molar-refractivity contribution is 0.174. The van der Waals surface area contributed by atoms with Crippen molar-refractivity contribution in [3.05, 3.63) is 53.6 Å². The fraction of sp³-hybridized carbons (Fsp3) is 0.263. The Morgan fingerprint density at radius 3 is 2.58 bits per heavy atom. The number of benzene rings is 2. The standard InChI is InChI=1S/C19H22N4O2S/c1-13(15-5-7-16(8-6-15)23(2)3)21-22-19(26)20-11-14-4-9-17-18(10-14)25-12-24-17/h4-10H,11-12H2,1-3H3,(H2,20,22,26)/b21-13-. The fourth-order valence-corrected chi connectivity index (χ4v) is 2.59. The number of thiocarbonyl (C=S) groups is 1. The molecule has 0 aromatic heterocycles. The van der Waals surface area contributed by atoms with E-state index < -0.39 is 0 Å². The van der Waals surface area contributed by atoms with Gasteiger partial charge >= 0.3 is 0 Å². The average molecular weight is 370 g/mol. The maximum Gasteiger partial charge on any atom is 0.231 e. The lowest BCUT2D eigenvalue weighted by Gasteiger charge is -2.13. The number of anilines is 1. The summed E-state index contributed by atoms with van der Waals surface area (Å²) in [6.45, 7) is 2.79. The van der Waals surface area contributed by atoms with Crippen molar-refractivity contribution in [1.29, 1.82) is 0 Å². The minimum atomic E-state index is 0.274. The minimum absolute atomic E-state index is 0.274. The van der Waals surface area contributed by atoms with E-state index in [1.54, 1.807) is 0 Å². The number of fused-ring (bicyclic) bond motifs is 1. The first-order chi connectivity index (χ1) is 12.5. The molecule has 0 bridgehead atoms. The molecular formula is C19H22N4O2S. The SMILES string of the molecule is C/C(=N/NC(=S)NCc1ccc2c(c1)OCO2)c1ccc(N(C)C)cc1. The molecule has 136 valence electrons. The van der Waals surface area contributed by atoms with Crippen LogP contribution in [0.5, 0.6) is 11.5 Å². The predicted octanol–water partition coefficient (Wildman–Crippen LogP) is 2.87. The summed E-state index contributed by atoms with van der Waals surface area (Å²) in [5.41, 5.74) is 6.99. The van der Waals surface area contributed by atoms with Crippen LogP contribution >= 0.6 is 12.2 Å². The van der Waals surface area contributed by atoms with Crippen molar-refractivity contribution in [2.45, 2.75) is 13.5 Å². The average Bonchev–Trinajstić information content (AvgIpc) is 3.12. The fourth-order valence-electron chi connectivity index (χ4n) is 2.47. The van der Waals surface area contributed by atoms with Gasteiger partial charge in [0.15, 0.2) is 16.6 Å². The molecule has 0 saturated carbocycles. The monoisotopic (exact) mass is 370 g/mol. The van der Waals surface area contributed by atoms with Crippen LogP contribution in [0.1, 0.15) is 18.1 Å². The van der Waals surface area contributed by atoms with Crippen LogP contribution in [-0.2, 0) is 6.54 Å². The van der Waals surface area contributed by atoms with Crippen LogP contribution in [0, 0.1) is 0 Å². The van der Waals surface area contributed by atoms with Gasteiger partial charge in [-0.3, -0.25) is 5.43 Å². The summed E-state index contributed by atoms with van der Waals surface area (Å²) in [5.74, 6) is 1.54. The van der Waals surface area contributed by atoms with Gasteiger partial charge in [0.1, 0.15) is 0 Å². The highest BCUT2D eigenvalue weighted by molar-refractivity contribution is 7.80. The molecule has 0 saturated heterocycles. The van der Waals surface area contributed by atoms with Gasteiger partial charge in [-0.1, -0.05) is 18.2 Å². The molecular weight excluding hydrogens is 348 g/mol. The Labute approximate surface area is 158 Å². The lowest BCUT2D eigenvalue weighted by Crippen LogP contribution is -2.32. The highest BCUT2D eigenvalue weighted by Crippen LogP contribution is 2.32. The first-order valence-corrected chi connectivity index (χ1v) is 8.68. The van der Waals surface area contributed by atoms with Gasteiger partial charge in [0.2, 0.25) is 6.79 Å². The van der Waals surface area contributed by atoms with E-state index in [1.165, 1.54) is 0 Å². The molecule has 26 heavy (non-hydrogen) atoms. The van der Waals surface area contributed by atoms with Crippen LogP contribution in [0.2, 0.25) is 0 Å². The van der Waals surface area contributed by atoms with Crippen LogP contribution in [0.25, 0.3) is 0 Å². The summed E-state index contributed by atoms with van der Waals surface area (Å²) in [6.07, 6.45) is 0. The smallest absolute Gasteiger partial charge is 0.231 e. The zero-order chi connectivity index (χ0) is 18.5. The van der Waals surface area contributed by atoms with Gasteiger partial charge in [0.25, 0.3) is 0 Å². The van der Waals surface area contributed by atoms with Gasteiger partial charge in [0, 0.05) is 26.3 Å². The molecule has 7 heteroatoms. The molecule has 2 N–H and O–H groups in total. The van der Waals surface area contributed by atoms with E-state index in [-0.39, 0.29) is 6.79 Å². The Kier molecular flexibility index (Phi) is 5.58. The zero-order valence-electron chi connectivity index (χ0n) is 15.1. The Morgan fingerprint density at radius 2 is 1.85 bits per heavy atom. The molecule has 1 aliphatic heterocycles. The van der Waals surface area contributed by atoms with E-state index in [2.05, 4.69) is 32.9 Å². The van der Waals surface area contributed by atoms with E-state index in [0.717, 1.165) is 34.0 Å². The topological polar surface area (TPSA) is 58.1 Å². The number of rotatable bonds is 5. The van der Waals surface area contributed by atoms with E-state index in [9.17, 15) is 0 Å². The van der Waals surface area contributed by atoms with Gasteiger partial charge in [-0.2, -0.15) is 5.10 Å². The van der Waals surface area contributed by atoms with Gasteiger partial charge in [-0.15, -0.1) is 0 Å². The van der Waals surface area contributed by atoms with Gasteiger partial charge in [0.05, 0.1) is 5.71 Å². The molecule has 0 fully saturated rings. The van der Waals surface area contributed by atoms with Gasteiger partial charge in [-0.05, 0) is 54.5 Å². The minimum Gasteiger partial charge on any atom is -0.454 e. The quantitative estimate of drug-likeness (QED) is 0.480. The molecule has 2 aromatic carbocycles. The first-order valence-electron chi connectivity index (χ1n) is 8.27. The normalized spacial score (nSPS) is 12.7. The van der Waals surface area contributed by atoms with Crippen molar-refractivity contribution >= 4 is 28.7 Å². The summed E-state index contributed by atoms with van der Waals surface area (Å²) < 4.78 is 10.7. The maximum atomic E-state index is 5.37. The third-order valence-electron chi connectivity index (χ3n) is 4.02. The first kappa shape index (κ1) is 18.0. The van der Waals surface area contributed by atoms with Crippen LogP contribution in [-0.4, -0.2) is 31.7 Å². The Hall–Kier alpha value is -2.80. The molecule has 0 unspecified atom stereocenters. The van der Waals surface area contributed by atoms with Gasteiger partial charge < -0.3 is 19.7 Å². The van der Waals surface area contributed by atoms with E-state index in [4.69, 9.17) is 21.7 Å². The Balaban J connectivity index is 1.52.